The molecular formula is C21H28N2O3. The van der Waals surface area contributed by atoms with E-state index >= 15 is 0 Å². The van der Waals surface area contributed by atoms with Crippen molar-refractivity contribution in [2.45, 2.75) is 25.5 Å². The molecule has 0 aliphatic heterocycles. The first kappa shape index (κ1) is 19.9. The second-order valence-electron chi connectivity index (χ2n) is 6.30. The number of benzene rings is 2. The van der Waals surface area contributed by atoms with Crippen LogP contribution in [0.4, 0.5) is 0 Å². The van der Waals surface area contributed by atoms with Crippen molar-refractivity contribution in [2.24, 2.45) is 5.73 Å². The standard InChI is InChI=1S/C21H28N2O3/c1-15(23(2)21(24)13-18(14-22)25-3)16-9-11-17(12-10-16)19-7-5-6-8-20(19)26-4/h5-12,15,18H,13-14,22H2,1-4H3. The fourth-order valence-corrected chi connectivity index (χ4v) is 2.87. The van der Waals surface area contributed by atoms with E-state index < -0.39 is 0 Å². The van der Waals surface area contributed by atoms with Crippen molar-refractivity contribution in [3.05, 3.63) is 54.1 Å². The van der Waals surface area contributed by atoms with E-state index in [0.717, 1.165) is 22.4 Å². The maximum atomic E-state index is 12.4. The van der Waals surface area contributed by atoms with E-state index in [4.69, 9.17) is 15.2 Å². The van der Waals surface area contributed by atoms with Crippen molar-refractivity contribution in [1.82, 2.24) is 4.90 Å². The normalized spacial score (nSPS) is 13.1. The van der Waals surface area contributed by atoms with Crippen molar-refractivity contribution < 1.29 is 14.3 Å². The number of hydrogen-bond donors (Lipinski definition) is 1. The van der Waals surface area contributed by atoms with Crippen LogP contribution >= 0.6 is 0 Å². The first-order valence-corrected chi connectivity index (χ1v) is 8.73. The van der Waals surface area contributed by atoms with Crippen LogP contribution in [0.25, 0.3) is 11.1 Å². The zero-order valence-electron chi connectivity index (χ0n) is 15.9. The van der Waals surface area contributed by atoms with E-state index in [1.165, 1.54) is 0 Å². The highest BCUT2D eigenvalue weighted by molar-refractivity contribution is 5.77. The summed E-state index contributed by atoms with van der Waals surface area (Å²) in [6.07, 6.45) is 0.0396. The third kappa shape index (κ3) is 4.62. The average molecular weight is 356 g/mol. The highest BCUT2D eigenvalue weighted by Gasteiger charge is 2.20. The number of nitrogens with zero attached hydrogens (tertiary/aromatic N) is 1. The molecule has 1 amide bonds. The first-order chi connectivity index (χ1) is 12.5. The van der Waals surface area contributed by atoms with Crippen LogP contribution in [0.5, 0.6) is 5.75 Å². The molecule has 2 N–H and O–H groups in total. The molecule has 5 heteroatoms. The summed E-state index contributed by atoms with van der Waals surface area (Å²) in [7, 11) is 5.06. The summed E-state index contributed by atoms with van der Waals surface area (Å²) in [6.45, 7) is 2.35. The molecule has 5 nitrogen and oxygen atoms in total. The maximum absolute atomic E-state index is 12.4. The molecule has 140 valence electrons. The van der Waals surface area contributed by atoms with Gasteiger partial charge in [0.25, 0.3) is 0 Å². The molecule has 0 radical (unpaired) electrons. The Kier molecular flexibility index (Phi) is 7.18. The lowest BCUT2D eigenvalue weighted by atomic mass is 10.00. The molecule has 0 aromatic heterocycles. The van der Waals surface area contributed by atoms with Crippen molar-refractivity contribution in [2.75, 3.05) is 27.8 Å². The Balaban J connectivity index is 2.13. The van der Waals surface area contributed by atoms with Crippen LogP contribution in [-0.2, 0) is 9.53 Å². The second kappa shape index (κ2) is 9.36. The zero-order valence-corrected chi connectivity index (χ0v) is 15.9. The van der Waals surface area contributed by atoms with Gasteiger partial charge in [-0.25, -0.2) is 0 Å². The monoisotopic (exact) mass is 356 g/mol. The van der Waals surface area contributed by atoms with Crippen LogP contribution in [0.1, 0.15) is 24.9 Å². The molecule has 0 saturated carbocycles. The fourth-order valence-electron chi connectivity index (χ4n) is 2.87. The van der Waals surface area contributed by atoms with Gasteiger partial charge in [0.05, 0.1) is 25.7 Å². The minimum absolute atomic E-state index is 0.0172. The zero-order chi connectivity index (χ0) is 19.1. The lowest BCUT2D eigenvalue weighted by Crippen LogP contribution is -2.35. The summed E-state index contributed by atoms with van der Waals surface area (Å²) >= 11 is 0. The maximum Gasteiger partial charge on any atom is 0.225 e. The summed E-state index contributed by atoms with van der Waals surface area (Å²) in [6, 6.07) is 16.1. The second-order valence-corrected chi connectivity index (χ2v) is 6.30. The Morgan fingerprint density at radius 3 is 2.35 bits per heavy atom. The summed E-state index contributed by atoms with van der Waals surface area (Å²) in [5.41, 5.74) is 8.80. The van der Waals surface area contributed by atoms with Crippen LogP contribution in [0.2, 0.25) is 0 Å². The number of hydrogen-bond acceptors (Lipinski definition) is 4. The van der Waals surface area contributed by atoms with Gasteiger partial charge in [-0.15, -0.1) is 0 Å². The van der Waals surface area contributed by atoms with Crippen molar-refractivity contribution in [1.29, 1.82) is 0 Å². The minimum Gasteiger partial charge on any atom is -0.496 e. The predicted octanol–water partition coefficient (Wildman–Crippen LogP) is 3.25. The van der Waals surface area contributed by atoms with Gasteiger partial charge >= 0.3 is 0 Å². The average Bonchev–Trinajstić information content (AvgIpc) is 2.70. The van der Waals surface area contributed by atoms with E-state index in [9.17, 15) is 4.79 Å². The molecule has 2 rings (SSSR count). The van der Waals surface area contributed by atoms with Gasteiger partial charge in [-0.1, -0.05) is 42.5 Å². The SMILES string of the molecule is COc1ccccc1-c1ccc(C(C)N(C)C(=O)CC(CN)OC)cc1. The topological polar surface area (TPSA) is 64.8 Å². The Bertz CT molecular complexity index is 711. The third-order valence-corrected chi connectivity index (χ3v) is 4.78. The number of carbonyl (C=O) groups is 1. The van der Waals surface area contributed by atoms with Gasteiger partial charge in [0, 0.05) is 26.3 Å². The summed E-state index contributed by atoms with van der Waals surface area (Å²) in [4.78, 5) is 14.2. The number of nitrogens with two attached hydrogens (primary N) is 1. The van der Waals surface area contributed by atoms with Crippen LogP contribution < -0.4 is 10.5 Å². The van der Waals surface area contributed by atoms with Gasteiger partial charge in [0.15, 0.2) is 0 Å². The van der Waals surface area contributed by atoms with Gasteiger partial charge in [0.2, 0.25) is 5.91 Å². The summed E-state index contributed by atoms with van der Waals surface area (Å²) < 4.78 is 10.6. The van der Waals surface area contributed by atoms with Crippen LogP contribution in [-0.4, -0.2) is 44.7 Å². The molecule has 2 unspecified atom stereocenters. The number of methoxy groups -OCH3 is 2. The molecule has 2 atom stereocenters. The Morgan fingerprint density at radius 2 is 1.77 bits per heavy atom. The Labute approximate surface area is 155 Å². The van der Waals surface area contributed by atoms with Crippen LogP contribution in [0.3, 0.4) is 0 Å². The molecule has 0 fully saturated rings. The largest absolute Gasteiger partial charge is 0.496 e. The molecule has 0 aliphatic rings. The number of amides is 1. The van der Waals surface area contributed by atoms with Crippen molar-refractivity contribution in [3.8, 4) is 16.9 Å². The van der Waals surface area contributed by atoms with E-state index in [1.807, 2.05) is 50.4 Å². The number of ether oxygens (including phenoxy) is 2. The van der Waals surface area contributed by atoms with Crippen molar-refractivity contribution >= 4 is 5.91 Å². The highest BCUT2D eigenvalue weighted by atomic mass is 16.5. The highest BCUT2D eigenvalue weighted by Crippen LogP contribution is 2.31. The molecule has 2 aromatic rings. The van der Waals surface area contributed by atoms with Gasteiger partial charge in [0.1, 0.15) is 5.75 Å². The smallest absolute Gasteiger partial charge is 0.225 e. The van der Waals surface area contributed by atoms with Crippen LogP contribution in [0, 0.1) is 0 Å². The molecule has 0 bridgehead atoms. The molecule has 0 spiro atoms. The van der Waals surface area contributed by atoms with Gasteiger partial charge in [-0.05, 0) is 24.1 Å². The minimum atomic E-state index is -0.245. The molecular weight excluding hydrogens is 328 g/mol. The lowest BCUT2D eigenvalue weighted by Gasteiger charge is -2.27. The molecule has 0 aliphatic carbocycles. The predicted molar refractivity (Wildman–Crippen MR) is 104 cm³/mol. The Morgan fingerprint density at radius 1 is 1.12 bits per heavy atom. The Hall–Kier alpha value is -2.37. The van der Waals surface area contributed by atoms with Gasteiger partial charge < -0.3 is 20.1 Å². The number of para-hydroxylation sites is 1. The molecule has 0 heterocycles. The van der Waals surface area contributed by atoms with E-state index in [-0.39, 0.29) is 24.5 Å². The summed E-state index contributed by atoms with van der Waals surface area (Å²) in [5.74, 6) is 0.858. The lowest BCUT2D eigenvalue weighted by molar-refractivity contribution is -0.134. The molecule has 26 heavy (non-hydrogen) atoms. The van der Waals surface area contributed by atoms with Crippen LogP contribution in [0.15, 0.2) is 48.5 Å². The third-order valence-electron chi connectivity index (χ3n) is 4.78. The van der Waals surface area contributed by atoms with Gasteiger partial charge in [-0.2, -0.15) is 0 Å². The van der Waals surface area contributed by atoms with Gasteiger partial charge in [-0.3, -0.25) is 4.79 Å². The fraction of sp³-hybridized carbons (Fsp3) is 0.381. The van der Waals surface area contributed by atoms with E-state index in [1.54, 1.807) is 19.1 Å². The van der Waals surface area contributed by atoms with E-state index in [2.05, 4.69) is 12.1 Å². The quantitative estimate of drug-likeness (QED) is 0.789. The first-order valence-electron chi connectivity index (χ1n) is 8.73. The van der Waals surface area contributed by atoms with E-state index in [0.29, 0.717) is 6.54 Å². The summed E-state index contributed by atoms with van der Waals surface area (Å²) in [5, 5.41) is 0. The molecule has 2 aromatic carbocycles. The number of carbonyl (C=O) groups excluding carboxylic acids is 1. The number of rotatable bonds is 8. The van der Waals surface area contributed by atoms with Crippen molar-refractivity contribution in [3.63, 3.8) is 0 Å². The molecule has 0 saturated heterocycles.